The number of nitrogens with one attached hydrogen (secondary N) is 3. The molecule has 1 amide bonds. The van der Waals surface area contributed by atoms with Crippen LogP contribution in [0.4, 0.5) is 5.69 Å². The Bertz CT molecular complexity index is 1560. The number of aromatic amines is 1. The van der Waals surface area contributed by atoms with Crippen molar-refractivity contribution < 1.29 is 9.90 Å². The number of benzene rings is 4. The summed E-state index contributed by atoms with van der Waals surface area (Å²) >= 11 is 11.4. The SMILES string of the molecule is Cc1c(O)c(C(=O)NC(=S)Nc2ccccc2Cl)cc2ccc3c4ccccc4[nH]c3c12. The molecule has 0 aliphatic heterocycles. The number of carbonyl (C=O) groups is 1. The second-order valence-corrected chi connectivity index (χ2v) is 8.36. The zero-order chi connectivity index (χ0) is 22.4. The number of hydrogen-bond donors (Lipinski definition) is 4. The molecule has 1 heterocycles. The van der Waals surface area contributed by atoms with Gasteiger partial charge in [0.05, 0.1) is 21.8 Å². The molecule has 0 radical (unpaired) electrons. The molecule has 0 aliphatic carbocycles. The van der Waals surface area contributed by atoms with Gasteiger partial charge < -0.3 is 15.4 Å². The second-order valence-electron chi connectivity index (χ2n) is 7.54. The number of amides is 1. The number of para-hydroxylation sites is 2. The van der Waals surface area contributed by atoms with Gasteiger partial charge >= 0.3 is 0 Å². The van der Waals surface area contributed by atoms with E-state index in [4.69, 9.17) is 23.8 Å². The van der Waals surface area contributed by atoms with E-state index >= 15 is 0 Å². The Morgan fingerprint density at radius 3 is 2.59 bits per heavy atom. The molecular formula is C25H18ClN3O2S. The number of thiocarbonyl (C=S) groups is 1. The summed E-state index contributed by atoms with van der Waals surface area (Å²) in [4.78, 5) is 16.4. The van der Waals surface area contributed by atoms with Crippen molar-refractivity contribution in [3.63, 3.8) is 0 Å². The van der Waals surface area contributed by atoms with Crippen LogP contribution in [-0.4, -0.2) is 21.1 Å². The topological polar surface area (TPSA) is 77.2 Å². The van der Waals surface area contributed by atoms with Crippen molar-refractivity contribution >= 4 is 73.1 Å². The first-order chi connectivity index (χ1) is 15.4. The number of aryl methyl sites for hydroxylation is 1. The summed E-state index contributed by atoms with van der Waals surface area (Å²) in [5.41, 5.74) is 3.30. The smallest absolute Gasteiger partial charge is 0.261 e. The van der Waals surface area contributed by atoms with E-state index in [1.54, 1.807) is 31.2 Å². The quantitative estimate of drug-likeness (QED) is 0.235. The summed E-state index contributed by atoms with van der Waals surface area (Å²) in [6, 6.07) is 20.8. The van der Waals surface area contributed by atoms with Crippen LogP contribution < -0.4 is 10.6 Å². The summed E-state index contributed by atoms with van der Waals surface area (Å²) in [6.45, 7) is 1.81. The number of carbonyl (C=O) groups excluding carboxylic acids is 1. The molecule has 5 aromatic rings. The second kappa shape index (κ2) is 7.82. The molecule has 0 bridgehead atoms. The van der Waals surface area contributed by atoms with E-state index in [9.17, 15) is 9.90 Å². The predicted octanol–water partition coefficient (Wildman–Crippen LogP) is 6.27. The van der Waals surface area contributed by atoms with Gasteiger partial charge in [-0.2, -0.15) is 0 Å². The monoisotopic (exact) mass is 459 g/mol. The molecule has 0 aliphatic rings. The van der Waals surface area contributed by atoms with Gasteiger partial charge in [0.1, 0.15) is 5.75 Å². The highest BCUT2D eigenvalue weighted by atomic mass is 35.5. The van der Waals surface area contributed by atoms with E-state index in [1.165, 1.54) is 0 Å². The van der Waals surface area contributed by atoms with Crippen LogP contribution in [0.3, 0.4) is 0 Å². The molecule has 5 rings (SSSR count). The van der Waals surface area contributed by atoms with Crippen LogP contribution in [0.2, 0.25) is 5.02 Å². The highest BCUT2D eigenvalue weighted by Crippen LogP contribution is 2.37. The Morgan fingerprint density at radius 2 is 1.78 bits per heavy atom. The molecule has 1 aromatic heterocycles. The van der Waals surface area contributed by atoms with Crippen molar-refractivity contribution in [2.75, 3.05) is 5.32 Å². The Kier molecular flexibility index (Phi) is 4.96. The largest absolute Gasteiger partial charge is 0.507 e. The zero-order valence-corrected chi connectivity index (χ0v) is 18.6. The molecule has 7 heteroatoms. The lowest BCUT2D eigenvalue weighted by Crippen LogP contribution is -2.34. The van der Waals surface area contributed by atoms with Gasteiger partial charge in [0, 0.05) is 27.2 Å². The first-order valence-electron chi connectivity index (χ1n) is 9.96. The maximum absolute atomic E-state index is 12.9. The molecule has 0 unspecified atom stereocenters. The fourth-order valence-corrected chi connectivity index (χ4v) is 4.45. The van der Waals surface area contributed by atoms with E-state index in [2.05, 4.69) is 21.7 Å². The van der Waals surface area contributed by atoms with Crippen LogP contribution in [0.1, 0.15) is 15.9 Å². The fraction of sp³-hybridized carbons (Fsp3) is 0.0400. The van der Waals surface area contributed by atoms with Crippen molar-refractivity contribution in [1.29, 1.82) is 0 Å². The van der Waals surface area contributed by atoms with E-state index in [0.717, 1.165) is 32.6 Å². The number of phenols is 1. The van der Waals surface area contributed by atoms with Crippen molar-refractivity contribution in [3.05, 3.63) is 82.9 Å². The summed E-state index contributed by atoms with van der Waals surface area (Å²) < 4.78 is 0. The lowest BCUT2D eigenvalue weighted by atomic mass is 9.97. The minimum absolute atomic E-state index is 0.0818. The predicted molar refractivity (Wildman–Crippen MR) is 135 cm³/mol. The van der Waals surface area contributed by atoms with Gasteiger partial charge in [-0.15, -0.1) is 0 Å². The summed E-state index contributed by atoms with van der Waals surface area (Å²) in [7, 11) is 0. The van der Waals surface area contributed by atoms with E-state index in [0.29, 0.717) is 16.3 Å². The molecule has 4 aromatic carbocycles. The van der Waals surface area contributed by atoms with E-state index in [1.807, 2.05) is 36.4 Å². The van der Waals surface area contributed by atoms with Crippen molar-refractivity contribution in [1.82, 2.24) is 10.3 Å². The number of H-pyrrole nitrogens is 1. The molecular weight excluding hydrogens is 442 g/mol. The highest BCUT2D eigenvalue weighted by Gasteiger charge is 2.19. The summed E-state index contributed by atoms with van der Waals surface area (Å²) in [5.74, 6) is -0.588. The van der Waals surface area contributed by atoms with Crippen molar-refractivity contribution in [2.24, 2.45) is 0 Å². The van der Waals surface area contributed by atoms with Gasteiger partial charge in [0.2, 0.25) is 0 Å². The highest BCUT2D eigenvalue weighted by molar-refractivity contribution is 7.80. The molecule has 32 heavy (non-hydrogen) atoms. The third kappa shape index (κ3) is 3.34. The Balaban J connectivity index is 1.53. The average molecular weight is 460 g/mol. The number of hydrogen-bond acceptors (Lipinski definition) is 3. The van der Waals surface area contributed by atoms with Crippen LogP contribution >= 0.6 is 23.8 Å². The number of aromatic hydroxyl groups is 1. The van der Waals surface area contributed by atoms with Crippen molar-refractivity contribution in [2.45, 2.75) is 6.92 Å². The van der Waals surface area contributed by atoms with Crippen molar-refractivity contribution in [3.8, 4) is 5.75 Å². The first kappa shape index (κ1) is 20.3. The molecule has 0 atom stereocenters. The van der Waals surface area contributed by atoms with Gasteiger partial charge in [-0.1, -0.05) is 54.1 Å². The third-order valence-corrected chi connectivity index (χ3v) is 6.13. The molecule has 158 valence electrons. The van der Waals surface area contributed by atoms with Crippen LogP contribution in [0.15, 0.2) is 66.7 Å². The Labute approximate surface area is 194 Å². The lowest BCUT2D eigenvalue weighted by Gasteiger charge is -2.14. The first-order valence-corrected chi connectivity index (χ1v) is 10.7. The van der Waals surface area contributed by atoms with Gasteiger partial charge in [-0.25, -0.2) is 0 Å². The van der Waals surface area contributed by atoms with Crippen LogP contribution in [0, 0.1) is 6.92 Å². The zero-order valence-electron chi connectivity index (χ0n) is 17.0. The average Bonchev–Trinajstić information content (AvgIpc) is 3.16. The minimum atomic E-state index is -0.506. The minimum Gasteiger partial charge on any atom is -0.507 e. The summed E-state index contributed by atoms with van der Waals surface area (Å²) in [6.07, 6.45) is 0. The van der Waals surface area contributed by atoms with Gasteiger partial charge in [0.25, 0.3) is 5.91 Å². The van der Waals surface area contributed by atoms with Gasteiger partial charge in [-0.05, 0) is 48.8 Å². The van der Waals surface area contributed by atoms with E-state index in [-0.39, 0.29) is 16.4 Å². The maximum Gasteiger partial charge on any atom is 0.261 e. The van der Waals surface area contributed by atoms with Crippen LogP contribution in [0.5, 0.6) is 5.75 Å². The Morgan fingerprint density at radius 1 is 1.03 bits per heavy atom. The third-order valence-electron chi connectivity index (χ3n) is 5.59. The fourth-order valence-electron chi connectivity index (χ4n) is 4.06. The lowest BCUT2D eigenvalue weighted by molar-refractivity contribution is 0.0975. The number of aromatic nitrogens is 1. The normalized spacial score (nSPS) is 11.2. The number of phenolic OH excluding ortho intramolecular Hbond substituents is 1. The number of fused-ring (bicyclic) bond motifs is 5. The molecule has 4 N–H and O–H groups in total. The number of anilines is 1. The molecule has 0 saturated carbocycles. The van der Waals surface area contributed by atoms with Gasteiger partial charge in [-0.3, -0.25) is 10.1 Å². The number of halogens is 1. The van der Waals surface area contributed by atoms with Gasteiger partial charge in [0.15, 0.2) is 5.11 Å². The van der Waals surface area contributed by atoms with Crippen LogP contribution in [-0.2, 0) is 0 Å². The molecule has 0 spiro atoms. The molecule has 0 saturated heterocycles. The van der Waals surface area contributed by atoms with Crippen LogP contribution in [0.25, 0.3) is 32.6 Å². The molecule has 0 fully saturated rings. The number of rotatable bonds is 2. The van der Waals surface area contributed by atoms with E-state index < -0.39 is 5.91 Å². The standard InChI is InChI=1S/C25H18ClN3O2S/c1-13-21-14(10-11-16-15-6-2-4-8-19(15)27-22(16)21)12-17(23(13)30)24(31)29-25(32)28-20-9-5-3-7-18(20)26/h2-12,27,30H,1H3,(H2,28,29,31,32). The summed E-state index contributed by atoms with van der Waals surface area (Å²) in [5, 5.41) is 20.9. The molecule has 5 nitrogen and oxygen atoms in total. The maximum atomic E-state index is 12.9. The Hall–Kier alpha value is -3.61.